The molecule has 1 aromatic carbocycles. The Bertz CT molecular complexity index is 385. The molecule has 0 aliphatic heterocycles. The summed E-state index contributed by atoms with van der Waals surface area (Å²) in [4.78, 5) is 0. The molecule has 3 heteroatoms. The molecule has 0 saturated carbocycles. The second kappa shape index (κ2) is 6.30. The Morgan fingerprint density at radius 2 is 2.06 bits per heavy atom. The summed E-state index contributed by atoms with van der Waals surface area (Å²) in [5.41, 5.74) is 1.75. The van der Waals surface area contributed by atoms with E-state index < -0.39 is 6.10 Å². The molecule has 17 heavy (non-hydrogen) atoms. The molecule has 1 aromatic rings. The first kappa shape index (κ1) is 13.6. The lowest BCUT2D eigenvalue weighted by atomic mass is 10.00. The Morgan fingerprint density at radius 1 is 1.35 bits per heavy atom. The second-order valence-electron chi connectivity index (χ2n) is 3.91. The van der Waals surface area contributed by atoms with Gasteiger partial charge in [-0.05, 0) is 18.9 Å². The van der Waals surface area contributed by atoms with Gasteiger partial charge in [0.05, 0.1) is 20.3 Å². The van der Waals surface area contributed by atoms with Crippen LogP contribution in [-0.4, -0.2) is 19.3 Å². The minimum absolute atomic E-state index is 0.542. The summed E-state index contributed by atoms with van der Waals surface area (Å²) < 4.78 is 10.5. The van der Waals surface area contributed by atoms with Crippen LogP contribution in [0.1, 0.15) is 31.4 Å². The van der Waals surface area contributed by atoms with E-state index in [0.717, 1.165) is 17.6 Å². The van der Waals surface area contributed by atoms with Crippen molar-refractivity contribution in [2.75, 3.05) is 14.2 Å². The van der Waals surface area contributed by atoms with Crippen LogP contribution in [0, 0.1) is 0 Å². The van der Waals surface area contributed by atoms with Gasteiger partial charge in [0.25, 0.3) is 0 Å². The molecule has 1 rings (SSSR count). The molecule has 94 valence electrons. The fraction of sp³-hybridized carbons (Fsp3) is 0.429. The number of para-hydroxylation sites is 1. The Morgan fingerprint density at radius 3 is 2.59 bits per heavy atom. The predicted molar refractivity (Wildman–Crippen MR) is 68.6 cm³/mol. The highest BCUT2D eigenvalue weighted by Crippen LogP contribution is 2.36. The SMILES string of the molecule is C=C(CC)CC(O)c1cccc(OC)c1OC. The number of aliphatic hydroxyl groups excluding tert-OH is 1. The van der Waals surface area contributed by atoms with Crippen LogP contribution in [0.4, 0.5) is 0 Å². The number of hydrogen-bond acceptors (Lipinski definition) is 3. The molecular formula is C14H20O3. The lowest BCUT2D eigenvalue weighted by Gasteiger charge is -2.17. The van der Waals surface area contributed by atoms with Gasteiger partial charge in [0.15, 0.2) is 11.5 Å². The number of aliphatic hydroxyl groups is 1. The molecule has 0 aliphatic rings. The van der Waals surface area contributed by atoms with Crippen molar-refractivity contribution in [1.29, 1.82) is 0 Å². The van der Waals surface area contributed by atoms with E-state index in [-0.39, 0.29) is 0 Å². The third-order valence-corrected chi connectivity index (χ3v) is 2.77. The highest BCUT2D eigenvalue weighted by atomic mass is 16.5. The zero-order chi connectivity index (χ0) is 12.8. The smallest absolute Gasteiger partial charge is 0.166 e. The highest BCUT2D eigenvalue weighted by Gasteiger charge is 2.17. The lowest BCUT2D eigenvalue weighted by Crippen LogP contribution is -2.03. The summed E-state index contributed by atoms with van der Waals surface area (Å²) in [6.07, 6.45) is 0.802. The minimum atomic E-state index is -0.604. The Kier molecular flexibility index (Phi) is 5.04. The fourth-order valence-corrected chi connectivity index (χ4v) is 1.70. The number of ether oxygens (including phenoxy) is 2. The van der Waals surface area contributed by atoms with Gasteiger partial charge in [-0.2, -0.15) is 0 Å². The van der Waals surface area contributed by atoms with E-state index in [1.165, 1.54) is 0 Å². The van der Waals surface area contributed by atoms with Crippen LogP contribution in [-0.2, 0) is 0 Å². The summed E-state index contributed by atoms with van der Waals surface area (Å²) in [7, 11) is 3.15. The predicted octanol–water partition coefficient (Wildman–Crippen LogP) is 3.09. The zero-order valence-corrected chi connectivity index (χ0v) is 10.7. The third-order valence-electron chi connectivity index (χ3n) is 2.77. The number of rotatable bonds is 6. The molecule has 0 bridgehead atoms. The monoisotopic (exact) mass is 236 g/mol. The first-order chi connectivity index (χ1) is 8.13. The van der Waals surface area contributed by atoms with Crippen LogP contribution >= 0.6 is 0 Å². The maximum Gasteiger partial charge on any atom is 0.166 e. The second-order valence-corrected chi connectivity index (χ2v) is 3.91. The number of hydrogen-bond donors (Lipinski definition) is 1. The summed E-state index contributed by atoms with van der Waals surface area (Å²) >= 11 is 0. The molecule has 0 fully saturated rings. The number of benzene rings is 1. The van der Waals surface area contributed by atoms with Crippen molar-refractivity contribution in [2.24, 2.45) is 0 Å². The summed E-state index contributed by atoms with van der Waals surface area (Å²) in [6, 6.07) is 5.49. The van der Waals surface area contributed by atoms with E-state index >= 15 is 0 Å². The number of methoxy groups -OCH3 is 2. The van der Waals surface area contributed by atoms with E-state index in [1.54, 1.807) is 14.2 Å². The van der Waals surface area contributed by atoms with E-state index in [1.807, 2.05) is 25.1 Å². The van der Waals surface area contributed by atoms with Crippen molar-refractivity contribution in [3.63, 3.8) is 0 Å². The first-order valence-electron chi connectivity index (χ1n) is 5.69. The third kappa shape index (κ3) is 3.24. The van der Waals surface area contributed by atoms with Crippen LogP contribution in [0.15, 0.2) is 30.4 Å². The van der Waals surface area contributed by atoms with Crippen LogP contribution < -0.4 is 9.47 Å². The minimum Gasteiger partial charge on any atom is -0.493 e. The zero-order valence-electron chi connectivity index (χ0n) is 10.7. The van der Waals surface area contributed by atoms with Crippen LogP contribution in [0.5, 0.6) is 11.5 Å². The summed E-state index contributed by atoms with van der Waals surface area (Å²) in [5.74, 6) is 1.22. The van der Waals surface area contributed by atoms with Gasteiger partial charge in [-0.15, -0.1) is 0 Å². The molecule has 0 spiro atoms. The molecule has 1 atom stereocenters. The largest absolute Gasteiger partial charge is 0.493 e. The first-order valence-corrected chi connectivity index (χ1v) is 5.69. The molecule has 0 aromatic heterocycles. The van der Waals surface area contributed by atoms with Gasteiger partial charge in [0, 0.05) is 5.56 Å². The van der Waals surface area contributed by atoms with Crippen LogP contribution in [0.2, 0.25) is 0 Å². The average molecular weight is 236 g/mol. The maximum atomic E-state index is 10.2. The van der Waals surface area contributed by atoms with Gasteiger partial charge in [-0.3, -0.25) is 0 Å². The van der Waals surface area contributed by atoms with Gasteiger partial charge in [0.1, 0.15) is 0 Å². The average Bonchev–Trinajstić information content (AvgIpc) is 2.37. The Labute approximate surface area is 103 Å². The van der Waals surface area contributed by atoms with Gasteiger partial charge in [-0.25, -0.2) is 0 Å². The molecule has 0 aliphatic carbocycles. The maximum absolute atomic E-state index is 10.2. The summed E-state index contributed by atoms with van der Waals surface area (Å²) in [6.45, 7) is 5.93. The van der Waals surface area contributed by atoms with E-state index in [9.17, 15) is 5.11 Å². The molecule has 3 nitrogen and oxygen atoms in total. The lowest BCUT2D eigenvalue weighted by molar-refractivity contribution is 0.172. The van der Waals surface area contributed by atoms with Crippen molar-refractivity contribution in [1.82, 2.24) is 0 Å². The summed E-state index contributed by atoms with van der Waals surface area (Å²) in [5, 5.41) is 10.2. The standard InChI is InChI=1S/C14H20O3/c1-5-10(2)9-12(15)11-7-6-8-13(16-3)14(11)17-4/h6-8,12,15H,2,5,9H2,1,3-4H3. The van der Waals surface area contributed by atoms with E-state index in [0.29, 0.717) is 17.9 Å². The molecule has 1 N–H and O–H groups in total. The van der Waals surface area contributed by atoms with Crippen molar-refractivity contribution in [2.45, 2.75) is 25.9 Å². The normalized spacial score (nSPS) is 12.0. The molecule has 0 saturated heterocycles. The van der Waals surface area contributed by atoms with Crippen molar-refractivity contribution >= 4 is 0 Å². The van der Waals surface area contributed by atoms with Gasteiger partial charge >= 0.3 is 0 Å². The van der Waals surface area contributed by atoms with E-state index in [2.05, 4.69) is 6.58 Å². The van der Waals surface area contributed by atoms with Gasteiger partial charge in [0.2, 0.25) is 0 Å². The van der Waals surface area contributed by atoms with Crippen molar-refractivity contribution in [3.05, 3.63) is 35.9 Å². The molecule has 0 heterocycles. The highest BCUT2D eigenvalue weighted by molar-refractivity contribution is 5.47. The quantitative estimate of drug-likeness (QED) is 0.771. The van der Waals surface area contributed by atoms with Crippen molar-refractivity contribution < 1.29 is 14.6 Å². The fourth-order valence-electron chi connectivity index (χ4n) is 1.70. The Balaban J connectivity index is 3.00. The van der Waals surface area contributed by atoms with Gasteiger partial charge in [-0.1, -0.05) is 31.2 Å². The molecular weight excluding hydrogens is 216 g/mol. The molecule has 0 amide bonds. The topological polar surface area (TPSA) is 38.7 Å². The van der Waals surface area contributed by atoms with Crippen molar-refractivity contribution in [3.8, 4) is 11.5 Å². The van der Waals surface area contributed by atoms with E-state index in [4.69, 9.17) is 9.47 Å². The van der Waals surface area contributed by atoms with Crippen LogP contribution in [0.3, 0.4) is 0 Å². The van der Waals surface area contributed by atoms with Gasteiger partial charge < -0.3 is 14.6 Å². The Hall–Kier alpha value is -1.48. The van der Waals surface area contributed by atoms with Crippen LogP contribution in [0.25, 0.3) is 0 Å². The molecule has 0 radical (unpaired) electrons. The molecule has 1 unspecified atom stereocenters.